The van der Waals surface area contributed by atoms with E-state index in [9.17, 15) is 4.79 Å². The van der Waals surface area contributed by atoms with Crippen LogP contribution in [0.2, 0.25) is 0 Å². The van der Waals surface area contributed by atoms with Crippen LogP contribution in [-0.2, 0) is 16.1 Å². The van der Waals surface area contributed by atoms with Crippen molar-refractivity contribution in [3.63, 3.8) is 0 Å². The molecule has 0 atom stereocenters. The fraction of sp³-hybridized carbons (Fsp3) is 0.273. The van der Waals surface area contributed by atoms with E-state index in [4.69, 9.17) is 0 Å². The summed E-state index contributed by atoms with van der Waals surface area (Å²) in [5.41, 5.74) is 4.26. The van der Waals surface area contributed by atoms with Gasteiger partial charge in [-0.1, -0.05) is 17.4 Å². The topological polar surface area (TPSA) is 30.2 Å². The van der Waals surface area contributed by atoms with Crippen molar-refractivity contribution in [1.82, 2.24) is 0 Å². The second kappa shape index (κ2) is 5.41. The fourth-order valence-electron chi connectivity index (χ4n) is 1.46. The maximum absolute atomic E-state index is 11.2. The van der Waals surface area contributed by atoms with E-state index in [-0.39, 0.29) is 29.5 Å². The molecule has 1 heterocycles. The second-order valence-corrected chi connectivity index (χ2v) is 4.28. The van der Waals surface area contributed by atoms with Gasteiger partial charge in [0.25, 0.3) is 0 Å². The molecule has 0 saturated carbocycles. The highest BCUT2D eigenvalue weighted by Gasteiger charge is 2.15. The number of carbonyl (C=O) groups is 1. The Morgan fingerprint density at radius 3 is 2.94 bits per heavy atom. The SMILES string of the molecule is COC(=O)C[n+]1csc2cc(C)ccc21.[Br-]. The highest BCUT2D eigenvalue weighted by atomic mass is 79.9. The maximum atomic E-state index is 11.2. The van der Waals surface area contributed by atoms with E-state index in [0.29, 0.717) is 0 Å². The van der Waals surface area contributed by atoms with Crippen LogP contribution in [0.15, 0.2) is 23.7 Å². The normalized spacial score (nSPS) is 9.88. The number of hydrogen-bond donors (Lipinski definition) is 0. The summed E-state index contributed by atoms with van der Waals surface area (Å²) in [4.78, 5) is 11.2. The molecule has 0 fully saturated rings. The third kappa shape index (κ3) is 2.59. The third-order valence-corrected chi connectivity index (χ3v) is 3.20. The lowest BCUT2D eigenvalue weighted by molar-refractivity contribution is -0.655. The highest BCUT2D eigenvalue weighted by molar-refractivity contribution is 7.16. The Morgan fingerprint density at radius 1 is 1.50 bits per heavy atom. The molecule has 16 heavy (non-hydrogen) atoms. The van der Waals surface area contributed by atoms with Crippen LogP contribution in [0, 0.1) is 6.92 Å². The van der Waals surface area contributed by atoms with Gasteiger partial charge in [-0.2, -0.15) is 4.57 Å². The number of nitrogens with zero attached hydrogens (tertiary/aromatic N) is 1. The standard InChI is InChI=1S/C11H12NO2S.BrH/c1-8-3-4-9-10(5-8)15-7-12(9)6-11(13)14-2;/h3-5,7H,6H2,1-2H3;1H/q+1;/p-1. The molecule has 0 N–H and O–H groups in total. The first kappa shape index (κ1) is 13.1. The van der Waals surface area contributed by atoms with E-state index in [2.05, 4.69) is 17.7 Å². The van der Waals surface area contributed by atoms with Crippen molar-refractivity contribution in [1.29, 1.82) is 0 Å². The van der Waals surface area contributed by atoms with Crippen LogP contribution in [0.25, 0.3) is 10.2 Å². The summed E-state index contributed by atoms with van der Waals surface area (Å²) in [6, 6.07) is 6.20. The van der Waals surface area contributed by atoms with Crippen LogP contribution in [-0.4, -0.2) is 13.1 Å². The molecule has 1 aromatic heterocycles. The zero-order valence-electron chi connectivity index (χ0n) is 9.07. The molecule has 0 radical (unpaired) electrons. The lowest BCUT2D eigenvalue weighted by Crippen LogP contribution is -3.00. The number of esters is 1. The first-order valence-electron chi connectivity index (χ1n) is 4.65. The Hall–Kier alpha value is -0.940. The number of hydrogen-bond acceptors (Lipinski definition) is 3. The minimum absolute atomic E-state index is 0. The molecule has 0 aliphatic rings. The van der Waals surface area contributed by atoms with Crippen LogP contribution in [0.1, 0.15) is 5.56 Å². The number of thiazole rings is 1. The molecule has 0 unspecified atom stereocenters. The summed E-state index contributed by atoms with van der Waals surface area (Å²) in [5, 5.41) is 0. The van der Waals surface area contributed by atoms with Gasteiger partial charge >= 0.3 is 5.97 Å². The lowest BCUT2D eigenvalue weighted by atomic mass is 10.2. The minimum atomic E-state index is -0.222. The molecule has 2 aromatic rings. The second-order valence-electron chi connectivity index (χ2n) is 3.40. The lowest BCUT2D eigenvalue weighted by Gasteiger charge is -1.94. The summed E-state index contributed by atoms with van der Waals surface area (Å²) in [7, 11) is 1.40. The summed E-state index contributed by atoms with van der Waals surface area (Å²) < 4.78 is 7.74. The molecule has 2 rings (SSSR count). The van der Waals surface area contributed by atoms with Crippen LogP contribution in [0.4, 0.5) is 0 Å². The smallest absolute Gasteiger partial charge is 0.372 e. The van der Waals surface area contributed by atoms with Crippen molar-refractivity contribution >= 4 is 27.5 Å². The van der Waals surface area contributed by atoms with E-state index in [1.807, 2.05) is 22.2 Å². The van der Waals surface area contributed by atoms with Gasteiger partial charge in [0.1, 0.15) is 4.70 Å². The van der Waals surface area contributed by atoms with E-state index < -0.39 is 0 Å². The molecule has 5 heteroatoms. The van der Waals surface area contributed by atoms with Gasteiger partial charge in [0.2, 0.25) is 17.6 Å². The molecule has 0 amide bonds. The number of benzene rings is 1. The average Bonchev–Trinajstić information content (AvgIpc) is 2.60. The van der Waals surface area contributed by atoms with Crippen LogP contribution in [0.3, 0.4) is 0 Å². The van der Waals surface area contributed by atoms with Crippen molar-refractivity contribution in [3.8, 4) is 0 Å². The Kier molecular flexibility index (Phi) is 4.44. The van der Waals surface area contributed by atoms with Crippen molar-refractivity contribution in [2.24, 2.45) is 0 Å². The molecule has 1 aromatic carbocycles. The number of halogens is 1. The van der Waals surface area contributed by atoms with E-state index in [1.165, 1.54) is 17.4 Å². The van der Waals surface area contributed by atoms with Crippen molar-refractivity contribution in [2.45, 2.75) is 13.5 Å². The van der Waals surface area contributed by atoms with Gasteiger partial charge < -0.3 is 21.7 Å². The highest BCUT2D eigenvalue weighted by Crippen LogP contribution is 2.17. The number of aryl methyl sites for hydroxylation is 1. The van der Waals surface area contributed by atoms with E-state index in [1.54, 1.807) is 11.3 Å². The first-order chi connectivity index (χ1) is 7.20. The largest absolute Gasteiger partial charge is 1.00 e. The summed E-state index contributed by atoms with van der Waals surface area (Å²) in [5.74, 6) is -0.222. The van der Waals surface area contributed by atoms with Gasteiger partial charge in [0.15, 0.2) is 0 Å². The van der Waals surface area contributed by atoms with Crippen molar-refractivity contribution < 1.29 is 31.1 Å². The fourth-order valence-corrected chi connectivity index (χ4v) is 2.45. The van der Waals surface area contributed by atoms with Gasteiger partial charge in [-0.05, 0) is 18.6 Å². The third-order valence-electron chi connectivity index (χ3n) is 2.26. The Morgan fingerprint density at radius 2 is 2.25 bits per heavy atom. The van der Waals surface area contributed by atoms with E-state index in [0.717, 1.165) is 5.52 Å². The van der Waals surface area contributed by atoms with Crippen molar-refractivity contribution in [3.05, 3.63) is 29.3 Å². The predicted octanol–water partition coefficient (Wildman–Crippen LogP) is -1.33. The average molecular weight is 302 g/mol. The summed E-state index contributed by atoms with van der Waals surface area (Å²) >= 11 is 1.64. The molecule has 0 aliphatic heterocycles. The summed E-state index contributed by atoms with van der Waals surface area (Å²) in [6.07, 6.45) is 0. The zero-order valence-corrected chi connectivity index (χ0v) is 11.5. The van der Waals surface area contributed by atoms with Crippen LogP contribution < -0.4 is 21.5 Å². The molecular formula is C11H12BrNO2S. The molecule has 0 bridgehead atoms. The molecular weight excluding hydrogens is 290 g/mol. The Labute approximate surface area is 108 Å². The van der Waals surface area contributed by atoms with Crippen molar-refractivity contribution in [2.75, 3.05) is 7.11 Å². The van der Waals surface area contributed by atoms with Crippen LogP contribution in [0.5, 0.6) is 0 Å². The number of carbonyl (C=O) groups excluding carboxylic acids is 1. The summed E-state index contributed by atoms with van der Waals surface area (Å²) in [6.45, 7) is 2.34. The number of fused-ring (bicyclic) bond motifs is 1. The number of rotatable bonds is 2. The molecule has 86 valence electrons. The molecule has 0 aliphatic carbocycles. The van der Waals surface area contributed by atoms with E-state index >= 15 is 0 Å². The van der Waals surface area contributed by atoms with Gasteiger partial charge in [0.05, 0.1) is 7.11 Å². The zero-order chi connectivity index (χ0) is 10.8. The Bertz CT molecular complexity index is 510. The first-order valence-corrected chi connectivity index (χ1v) is 5.53. The maximum Gasteiger partial charge on any atom is 0.372 e. The minimum Gasteiger partial charge on any atom is -1.00 e. The van der Waals surface area contributed by atoms with Gasteiger partial charge in [-0.25, -0.2) is 4.79 Å². The van der Waals surface area contributed by atoms with Crippen LogP contribution >= 0.6 is 11.3 Å². The quantitative estimate of drug-likeness (QED) is 0.508. The monoisotopic (exact) mass is 301 g/mol. The number of ether oxygens (including phenoxy) is 1. The molecule has 0 spiro atoms. The van der Waals surface area contributed by atoms with Gasteiger partial charge in [0, 0.05) is 6.07 Å². The van der Waals surface area contributed by atoms with Gasteiger partial charge in [-0.15, -0.1) is 0 Å². The molecule has 0 saturated heterocycles. The Balaban J connectivity index is 0.00000128. The molecule has 3 nitrogen and oxygen atoms in total. The predicted molar refractivity (Wildman–Crippen MR) is 58.8 cm³/mol. The number of aromatic nitrogens is 1. The number of methoxy groups -OCH3 is 1. The van der Waals surface area contributed by atoms with Gasteiger partial charge in [-0.3, -0.25) is 0 Å².